The maximum Gasteiger partial charge on any atom is 0.330 e. The number of hydrogen-bond acceptors (Lipinski definition) is 8. The van der Waals surface area contributed by atoms with Gasteiger partial charge in [0.1, 0.15) is 35.4 Å². The summed E-state index contributed by atoms with van der Waals surface area (Å²) in [5.74, 6) is 1.38. The van der Waals surface area contributed by atoms with E-state index in [4.69, 9.17) is 23.7 Å². The second-order valence-corrected chi connectivity index (χ2v) is 9.59. The fourth-order valence-electron chi connectivity index (χ4n) is 5.24. The Hall–Kier alpha value is -4.22. The Bertz CT molecular complexity index is 1500. The second-order valence-electron chi connectivity index (χ2n) is 9.59. The minimum absolute atomic E-state index is 0.0669. The highest BCUT2D eigenvalue weighted by molar-refractivity contribution is 5.49. The normalized spacial score (nSPS) is 20.6. The van der Waals surface area contributed by atoms with Gasteiger partial charge in [0.15, 0.2) is 6.23 Å². The van der Waals surface area contributed by atoms with E-state index in [1.165, 1.54) is 23.9 Å². The predicted octanol–water partition coefficient (Wildman–Crippen LogP) is 2.84. The second kappa shape index (κ2) is 12.1. The maximum absolute atomic E-state index is 12.5. The molecule has 5 rings (SSSR count). The van der Waals surface area contributed by atoms with Crippen molar-refractivity contribution in [3.8, 4) is 11.5 Å². The zero-order valence-electron chi connectivity index (χ0n) is 22.9. The van der Waals surface area contributed by atoms with Crippen LogP contribution in [0.3, 0.4) is 0 Å². The first-order valence-corrected chi connectivity index (χ1v) is 13.1. The summed E-state index contributed by atoms with van der Waals surface area (Å²) in [6.45, 7) is -0.0669. The lowest BCUT2D eigenvalue weighted by molar-refractivity contribution is -0.0967. The third-order valence-corrected chi connectivity index (χ3v) is 7.35. The van der Waals surface area contributed by atoms with Crippen LogP contribution in [0.2, 0.25) is 0 Å². The Morgan fingerprint density at radius 2 is 1.39 bits per heavy atom. The molecule has 1 saturated heterocycles. The zero-order valence-corrected chi connectivity index (χ0v) is 22.9. The first kappa shape index (κ1) is 28.3. The molecule has 0 amide bonds. The summed E-state index contributed by atoms with van der Waals surface area (Å²) in [5.41, 5.74) is 0.147. The number of aliphatic hydroxyl groups excluding tert-OH is 1. The van der Waals surface area contributed by atoms with Gasteiger partial charge in [-0.2, -0.15) is 0 Å². The Labute approximate surface area is 236 Å². The van der Waals surface area contributed by atoms with Gasteiger partial charge in [-0.25, -0.2) is 4.79 Å². The fraction of sp³-hybridized carbons (Fsp3) is 0.290. The van der Waals surface area contributed by atoms with E-state index in [2.05, 4.69) is 4.98 Å². The topological polar surface area (TPSA) is 121 Å². The third-order valence-electron chi connectivity index (χ3n) is 7.35. The molecule has 0 radical (unpaired) electrons. The molecule has 0 aliphatic carbocycles. The molecule has 0 spiro atoms. The van der Waals surface area contributed by atoms with Crippen LogP contribution in [0.25, 0.3) is 0 Å². The van der Waals surface area contributed by atoms with Crippen molar-refractivity contribution in [2.75, 3.05) is 27.9 Å². The third kappa shape index (κ3) is 5.42. The van der Waals surface area contributed by atoms with Gasteiger partial charge in [-0.05, 0) is 41.0 Å². The number of methoxy groups -OCH3 is 3. The van der Waals surface area contributed by atoms with Crippen LogP contribution in [-0.4, -0.2) is 60.9 Å². The van der Waals surface area contributed by atoms with Crippen molar-refractivity contribution in [1.82, 2.24) is 9.55 Å². The van der Waals surface area contributed by atoms with Crippen LogP contribution in [0.15, 0.2) is 101 Å². The first-order valence-electron chi connectivity index (χ1n) is 13.1. The zero-order chi connectivity index (χ0) is 29.0. The highest BCUT2D eigenvalue weighted by Crippen LogP contribution is 2.43. The van der Waals surface area contributed by atoms with Crippen LogP contribution in [-0.2, 0) is 19.8 Å². The summed E-state index contributed by atoms with van der Waals surface area (Å²) in [6.07, 6.45) is -2.56. The summed E-state index contributed by atoms with van der Waals surface area (Å²) in [5, 5.41) is 11.2. The molecule has 0 saturated carbocycles. The average Bonchev–Trinajstić information content (AvgIpc) is 3.33. The first-order chi connectivity index (χ1) is 19.9. The molecule has 1 unspecified atom stereocenters. The van der Waals surface area contributed by atoms with Crippen LogP contribution < -0.4 is 20.7 Å². The molecular weight excluding hydrogens is 528 g/mol. The monoisotopic (exact) mass is 560 g/mol. The standard InChI is InChI=1S/C31H32N2O8/c1-37-23-13-9-21(10-14-23)31(20-7-5-4-6-8-20,22-11-15-24(38-2)16-12-22)40-19-25-27(35)28(39-3)29(41-25)33-18-17-26(34)32-30(33)36/h4-18,25,27-29,35H,19H2,1-3H3,(H,32,34,36)/t25-,27+,28?,29-/m1/s1. The minimum Gasteiger partial charge on any atom is -0.497 e. The van der Waals surface area contributed by atoms with Crippen molar-refractivity contribution in [3.05, 3.63) is 129 Å². The van der Waals surface area contributed by atoms with E-state index >= 15 is 0 Å². The van der Waals surface area contributed by atoms with Crippen molar-refractivity contribution in [2.24, 2.45) is 0 Å². The van der Waals surface area contributed by atoms with Gasteiger partial charge in [-0.1, -0.05) is 54.6 Å². The fourth-order valence-corrected chi connectivity index (χ4v) is 5.24. The van der Waals surface area contributed by atoms with Gasteiger partial charge < -0.3 is 28.8 Å². The molecule has 214 valence electrons. The molecule has 1 aliphatic rings. The molecule has 2 heterocycles. The van der Waals surface area contributed by atoms with Gasteiger partial charge in [0.25, 0.3) is 5.56 Å². The molecule has 2 N–H and O–H groups in total. The smallest absolute Gasteiger partial charge is 0.330 e. The molecule has 1 fully saturated rings. The molecule has 41 heavy (non-hydrogen) atoms. The lowest BCUT2D eigenvalue weighted by Crippen LogP contribution is -2.40. The highest BCUT2D eigenvalue weighted by Gasteiger charge is 2.47. The quantitative estimate of drug-likeness (QED) is 0.284. The summed E-state index contributed by atoms with van der Waals surface area (Å²) in [4.78, 5) is 26.3. The number of H-pyrrole nitrogens is 1. The molecule has 0 bridgehead atoms. The number of hydrogen-bond donors (Lipinski definition) is 2. The van der Waals surface area contributed by atoms with Crippen LogP contribution in [0.5, 0.6) is 11.5 Å². The van der Waals surface area contributed by atoms with Gasteiger partial charge in [-0.15, -0.1) is 0 Å². The molecule has 4 aromatic rings. The lowest BCUT2D eigenvalue weighted by atomic mass is 9.80. The molecule has 1 aliphatic heterocycles. The number of ether oxygens (including phenoxy) is 5. The van der Waals surface area contributed by atoms with Crippen LogP contribution in [0.1, 0.15) is 22.9 Å². The Balaban J connectivity index is 1.57. The van der Waals surface area contributed by atoms with E-state index in [1.807, 2.05) is 78.9 Å². The van der Waals surface area contributed by atoms with E-state index in [1.54, 1.807) is 14.2 Å². The summed E-state index contributed by atoms with van der Waals surface area (Å²) in [7, 11) is 4.64. The Kier molecular flexibility index (Phi) is 8.36. The Morgan fingerprint density at radius 1 is 0.829 bits per heavy atom. The molecular formula is C31H32N2O8. The summed E-state index contributed by atoms with van der Waals surface area (Å²) >= 11 is 0. The number of benzene rings is 3. The minimum atomic E-state index is -1.14. The van der Waals surface area contributed by atoms with Crippen molar-refractivity contribution in [2.45, 2.75) is 30.1 Å². The number of nitrogens with one attached hydrogen (secondary N) is 1. The van der Waals surface area contributed by atoms with Gasteiger partial charge >= 0.3 is 5.69 Å². The molecule has 1 aromatic heterocycles. The number of nitrogens with zero attached hydrogens (tertiary/aromatic N) is 1. The van der Waals surface area contributed by atoms with Crippen LogP contribution in [0.4, 0.5) is 0 Å². The number of aromatic amines is 1. The van der Waals surface area contributed by atoms with Crippen molar-refractivity contribution in [1.29, 1.82) is 0 Å². The van der Waals surface area contributed by atoms with Crippen molar-refractivity contribution >= 4 is 0 Å². The predicted molar refractivity (Wildman–Crippen MR) is 150 cm³/mol. The number of aromatic nitrogens is 2. The molecule has 10 heteroatoms. The van der Waals surface area contributed by atoms with E-state index in [-0.39, 0.29) is 6.61 Å². The van der Waals surface area contributed by atoms with Gasteiger partial charge in [-0.3, -0.25) is 14.3 Å². The van der Waals surface area contributed by atoms with Gasteiger partial charge in [0, 0.05) is 19.4 Å². The molecule has 3 aromatic carbocycles. The van der Waals surface area contributed by atoms with Crippen molar-refractivity contribution in [3.63, 3.8) is 0 Å². The van der Waals surface area contributed by atoms with Crippen LogP contribution in [0, 0.1) is 0 Å². The molecule has 10 nitrogen and oxygen atoms in total. The van der Waals surface area contributed by atoms with E-state index < -0.39 is 41.4 Å². The summed E-state index contributed by atoms with van der Waals surface area (Å²) < 4.78 is 30.5. The van der Waals surface area contributed by atoms with Gasteiger partial charge in [0.05, 0.1) is 20.8 Å². The highest BCUT2D eigenvalue weighted by atomic mass is 16.6. The lowest BCUT2D eigenvalue weighted by Gasteiger charge is -2.37. The Morgan fingerprint density at radius 3 is 1.90 bits per heavy atom. The number of aliphatic hydroxyl groups is 1. The summed E-state index contributed by atoms with van der Waals surface area (Å²) in [6, 6.07) is 26.1. The van der Waals surface area contributed by atoms with E-state index in [9.17, 15) is 14.7 Å². The largest absolute Gasteiger partial charge is 0.497 e. The van der Waals surface area contributed by atoms with E-state index in [0.29, 0.717) is 11.5 Å². The van der Waals surface area contributed by atoms with E-state index in [0.717, 1.165) is 16.7 Å². The van der Waals surface area contributed by atoms with Crippen LogP contribution >= 0.6 is 0 Å². The van der Waals surface area contributed by atoms with Gasteiger partial charge in [0.2, 0.25) is 0 Å². The average molecular weight is 561 g/mol. The SMILES string of the molecule is COc1ccc(C(OC[C@H]2O[C@@H](n3ccc(=O)[nH]c3=O)C(OC)[C@H]2O)(c2ccccc2)c2ccc(OC)cc2)cc1. The number of rotatable bonds is 10. The maximum atomic E-state index is 12.5. The van der Waals surface area contributed by atoms with Crippen molar-refractivity contribution < 1.29 is 28.8 Å². The molecule has 4 atom stereocenters.